The van der Waals surface area contributed by atoms with Crippen LogP contribution in [0.15, 0.2) is 23.1 Å². The van der Waals surface area contributed by atoms with Crippen LogP contribution in [-0.2, 0) is 0 Å². The van der Waals surface area contributed by atoms with E-state index in [-0.39, 0.29) is 0 Å². The first kappa shape index (κ1) is 15.5. The topological polar surface area (TPSA) is 12.0 Å². The summed E-state index contributed by atoms with van der Waals surface area (Å²) in [6.45, 7) is 7.91. The van der Waals surface area contributed by atoms with E-state index >= 15 is 0 Å². The fourth-order valence-electron chi connectivity index (χ4n) is 2.82. The van der Waals surface area contributed by atoms with Crippen molar-refractivity contribution in [3.8, 4) is 0 Å². The lowest BCUT2D eigenvalue weighted by Gasteiger charge is -2.31. The molecule has 0 bridgehead atoms. The van der Waals surface area contributed by atoms with Gasteiger partial charge in [-0.3, -0.25) is 0 Å². The van der Waals surface area contributed by atoms with E-state index in [0.717, 1.165) is 6.54 Å². The van der Waals surface area contributed by atoms with Crippen LogP contribution in [0.4, 0.5) is 0 Å². The van der Waals surface area contributed by atoms with E-state index in [2.05, 4.69) is 32.2 Å². The Labute approximate surface area is 130 Å². The zero-order valence-corrected chi connectivity index (χ0v) is 14.0. The summed E-state index contributed by atoms with van der Waals surface area (Å²) >= 11 is 14.0. The first-order chi connectivity index (χ1) is 8.94. The minimum atomic E-state index is 0.365. The van der Waals surface area contributed by atoms with Crippen molar-refractivity contribution in [2.24, 2.45) is 5.41 Å². The highest BCUT2D eigenvalue weighted by Crippen LogP contribution is 2.45. The fraction of sp³-hybridized carbons (Fsp3) is 0.600. The van der Waals surface area contributed by atoms with Crippen LogP contribution in [0.5, 0.6) is 0 Å². The normalized spacial score (nSPS) is 25.7. The summed E-state index contributed by atoms with van der Waals surface area (Å²) in [6, 6.07) is 6.47. The van der Waals surface area contributed by atoms with Gasteiger partial charge >= 0.3 is 0 Å². The van der Waals surface area contributed by atoms with Crippen LogP contribution in [0, 0.1) is 5.41 Å². The van der Waals surface area contributed by atoms with E-state index in [4.69, 9.17) is 23.2 Å². The summed E-state index contributed by atoms with van der Waals surface area (Å²) in [5.74, 6) is 0. The molecule has 0 amide bonds. The van der Waals surface area contributed by atoms with Gasteiger partial charge in [0.25, 0.3) is 0 Å². The number of rotatable bonds is 4. The third kappa shape index (κ3) is 3.60. The Bertz CT molecular complexity index is 448. The molecule has 2 rings (SSSR count). The van der Waals surface area contributed by atoms with Crippen molar-refractivity contribution in [3.63, 3.8) is 0 Å². The monoisotopic (exact) mass is 317 g/mol. The average Bonchev–Trinajstić information content (AvgIpc) is 2.62. The molecule has 4 heteroatoms. The van der Waals surface area contributed by atoms with Gasteiger partial charge in [0.2, 0.25) is 0 Å². The number of hydrogen-bond acceptors (Lipinski definition) is 2. The SMILES string of the molecule is CCNC1C(Sc2ccc(Cl)c(Cl)c2)CCC1(C)C. The van der Waals surface area contributed by atoms with Gasteiger partial charge in [0.15, 0.2) is 0 Å². The highest BCUT2D eigenvalue weighted by molar-refractivity contribution is 8.00. The van der Waals surface area contributed by atoms with Crippen LogP contribution in [-0.4, -0.2) is 17.8 Å². The van der Waals surface area contributed by atoms with Crippen molar-refractivity contribution in [3.05, 3.63) is 28.2 Å². The Morgan fingerprint density at radius 3 is 2.68 bits per heavy atom. The van der Waals surface area contributed by atoms with Crippen molar-refractivity contribution >= 4 is 35.0 Å². The zero-order chi connectivity index (χ0) is 14.0. The molecule has 1 aliphatic rings. The van der Waals surface area contributed by atoms with Gasteiger partial charge in [-0.2, -0.15) is 0 Å². The minimum Gasteiger partial charge on any atom is -0.313 e. The van der Waals surface area contributed by atoms with Gasteiger partial charge in [-0.25, -0.2) is 0 Å². The van der Waals surface area contributed by atoms with Gasteiger partial charge in [0, 0.05) is 16.2 Å². The Morgan fingerprint density at radius 1 is 1.32 bits per heavy atom. The van der Waals surface area contributed by atoms with Gasteiger partial charge < -0.3 is 5.32 Å². The number of thioether (sulfide) groups is 1. The van der Waals surface area contributed by atoms with E-state index in [1.54, 1.807) is 0 Å². The molecule has 1 N–H and O–H groups in total. The van der Waals surface area contributed by atoms with Crippen molar-refractivity contribution in [2.45, 2.75) is 49.8 Å². The summed E-state index contributed by atoms with van der Waals surface area (Å²) in [6.07, 6.45) is 2.51. The maximum atomic E-state index is 6.09. The van der Waals surface area contributed by atoms with Crippen LogP contribution in [0.2, 0.25) is 10.0 Å². The van der Waals surface area contributed by atoms with Crippen molar-refractivity contribution in [1.29, 1.82) is 0 Å². The quantitative estimate of drug-likeness (QED) is 0.813. The summed E-state index contributed by atoms with van der Waals surface area (Å²) in [5.41, 5.74) is 0.365. The molecule has 1 nitrogen and oxygen atoms in total. The van der Waals surface area contributed by atoms with Crippen molar-refractivity contribution < 1.29 is 0 Å². The van der Waals surface area contributed by atoms with Crippen molar-refractivity contribution in [2.75, 3.05) is 6.54 Å². The lowest BCUT2D eigenvalue weighted by Crippen LogP contribution is -2.43. The Hall–Kier alpha value is 0.110. The molecule has 2 unspecified atom stereocenters. The number of halogens is 2. The second-order valence-electron chi connectivity index (χ2n) is 5.79. The lowest BCUT2D eigenvalue weighted by molar-refractivity contribution is 0.290. The maximum absolute atomic E-state index is 6.09. The van der Waals surface area contributed by atoms with E-state index in [9.17, 15) is 0 Å². The van der Waals surface area contributed by atoms with E-state index < -0.39 is 0 Å². The fourth-order valence-corrected chi connectivity index (χ4v) is 4.70. The highest BCUT2D eigenvalue weighted by Gasteiger charge is 2.41. The summed E-state index contributed by atoms with van der Waals surface area (Å²) < 4.78 is 0. The van der Waals surface area contributed by atoms with Crippen LogP contribution in [0.1, 0.15) is 33.6 Å². The summed E-state index contributed by atoms with van der Waals surface area (Å²) in [4.78, 5) is 1.21. The standard InChI is InChI=1S/C15H21Cl2NS/c1-4-18-14-13(7-8-15(14,2)3)19-10-5-6-11(16)12(17)9-10/h5-6,9,13-14,18H,4,7-8H2,1-3H3. The largest absolute Gasteiger partial charge is 0.313 e. The lowest BCUT2D eigenvalue weighted by atomic mass is 9.87. The maximum Gasteiger partial charge on any atom is 0.0603 e. The highest BCUT2D eigenvalue weighted by atomic mass is 35.5. The second-order valence-corrected chi connectivity index (χ2v) is 7.92. The molecule has 1 saturated carbocycles. The first-order valence-corrected chi connectivity index (χ1v) is 8.42. The second kappa shape index (κ2) is 6.26. The van der Waals surface area contributed by atoms with E-state index in [1.165, 1.54) is 17.7 Å². The number of nitrogens with one attached hydrogen (secondary N) is 1. The van der Waals surface area contributed by atoms with Gasteiger partial charge in [-0.15, -0.1) is 11.8 Å². The number of benzene rings is 1. The zero-order valence-electron chi connectivity index (χ0n) is 11.7. The Morgan fingerprint density at radius 2 is 2.05 bits per heavy atom. The van der Waals surface area contributed by atoms with Crippen LogP contribution < -0.4 is 5.32 Å². The van der Waals surface area contributed by atoms with Crippen molar-refractivity contribution in [1.82, 2.24) is 5.32 Å². The van der Waals surface area contributed by atoms with Gasteiger partial charge in [0.05, 0.1) is 10.0 Å². The molecule has 1 aromatic rings. The third-order valence-corrected chi connectivity index (χ3v) is 5.97. The smallest absolute Gasteiger partial charge is 0.0603 e. The molecule has 2 atom stereocenters. The molecular formula is C15H21Cl2NS. The molecule has 0 aliphatic heterocycles. The molecule has 0 spiro atoms. The molecule has 1 fully saturated rings. The minimum absolute atomic E-state index is 0.365. The molecule has 1 aromatic carbocycles. The Balaban J connectivity index is 2.11. The molecule has 0 saturated heterocycles. The molecule has 0 aromatic heterocycles. The molecule has 106 valence electrons. The molecule has 1 aliphatic carbocycles. The summed E-state index contributed by atoms with van der Waals surface area (Å²) in [7, 11) is 0. The molecule has 0 heterocycles. The van der Waals surface area contributed by atoms with Crippen LogP contribution in [0.25, 0.3) is 0 Å². The van der Waals surface area contributed by atoms with Crippen LogP contribution in [0.3, 0.4) is 0 Å². The predicted molar refractivity (Wildman–Crippen MR) is 86.6 cm³/mol. The third-order valence-electron chi connectivity index (χ3n) is 3.89. The molecular weight excluding hydrogens is 297 g/mol. The van der Waals surface area contributed by atoms with Gasteiger partial charge in [-0.1, -0.05) is 44.0 Å². The first-order valence-electron chi connectivity index (χ1n) is 6.79. The molecule has 19 heavy (non-hydrogen) atoms. The van der Waals surface area contributed by atoms with E-state index in [1.807, 2.05) is 23.9 Å². The number of hydrogen-bond donors (Lipinski definition) is 1. The summed E-state index contributed by atoms with van der Waals surface area (Å²) in [5, 5.41) is 5.52. The molecule has 0 radical (unpaired) electrons. The van der Waals surface area contributed by atoms with Gasteiger partial charge in [0.1, 0.15) is 0 Å². The Kier molecular flexibility index (Phi) is 5.10. The van der Waals surface area contributed by atoms with Gasteiger partial charge in [-0.05, 0) is 43.0 Å². The predicted octanol–water partition coefficient (Wildman–Crippen LogP) is 5.25. The van der Waals surface area contributed by atoms with Crippen LogP contribution >= 0.6 is 35.0 Å². The van der Waals surface area contributed by atoms with E-state index in [0.29, 0.717) is 26.8 Å². The average molecular weight is 318 g/mol.